The van der Waals surface area contributed by atoms with Crippen LogP contribution in [0.2, 0.25) is 5.02 Å². The number of alkyl halides is 1. The summed E-state index contributed by atoms with van der Waals surface area (Å²) in [6.45, 7) is 6.71. The number of nitrogens with zero attached hydrogens (tertiary/aromatic N) is 1. The van der Waals surface area contributed by atoms with E-state index >= 15 is 0 Å². The number of methoxy groups -OCH3 is 1. The number of ether oxygens (including phenoxy) is 3. The number of hydrogen-bond donors (Lipinski definition) is 0. The van der Waals surface area contributed by atoms with E-state index < -0.39 is 0 Å². The Kier molecular flexibility index (Phi) is 6.98. The van der Waals surface area contributed by atoms with Crippen LogP contribution in [0.5, 0.6) is 5.75 Å². The monoisotopic (exact) mass is 527 g/mol. The minimum Gasteiger partial charge on any atom is -0.491 e. The Hall–Kier alpha value is -1.72. The minimum absolute atomic E-state index is 0.0271. The predicted molar refractivity (Wildman–Crippen MR) is 145 cm³/mol. The highest BCUT2D eigenvalue weighted by molar-refractivity contribution is 6.30. The quantitative estimate of drug-likeness (QED) is 0.227. The van der Waals surface area contributed by atoms with Crippen molar-refractivity contribution in [2.45, 2.75) is 55.8 Å². The second-order valence-corrected chi connectivity index (χ2v) is 11.7. The molecule has 1 saturated carbocycles. The molecule has 7 atom stereocenters. The molecule has 4 unspecified atom stereocenters. The van der Waals surface area contributed by atoms with Gasteiger partial charge in [-0.25, -0.2) is 0 Å². The first-order chi connectivity index (χ1) is 17.6. The Morgan fingerprint density at radius 3 is 2.75 bits per heavy atom. The average Bonchev–Trinajstić information content (AvgIpc) is 3.60. The van der Waals surface area contributed by atoms with Crippen molar-refractivity contribution in [3.8, 4) is 5.75 Å². The van der Waals surface area contributed by atoms with Gasteiger partial charge >= 0.3 is 0 Å². The Balaban J connectivity index is 1.31. The zero-order valence-electron chi connectivity index (χ0n) is 20.9. The number of epoxide rings is 1. The molecule has 4 aliphatic rings. The molecule has 0 aromatic heterocycles. The van der Waals surface area contributed by atoms with E-state index in [-0.39, 0.29) is 17.8 Å². The molecule has 1 saturated heterocycles. The second-order valence-electron chi connectivity index (χ2n) is 10.9. The Bertz CT molecular complexity index is 1120. The number of benzene rings is 2. The number of halogens is 2. The molecule has 2 aromatic carbocycles. The van der Waals surface area contributed by atoms with Crippen LogP contribution < -0.4 is 9.64 Å². The molecule has 0 spiro atoms. The van der Waals surface area contributed by atoms with Crippen molar-refractivity contribution >= 4 is 28.9 Å². The van der Waals surface area contributed by atoms with Crippen molar-refractivity contribution in [3.05, 3.63) is 70.8 Å². The molecule has 2 fully saturated rings. The standard InChI is InChI=1S/C30H35Cl2NO3/c1-3-27(34-2)24-9-6-21(24)16-33-13-12-18-4-5-19-14-22(31)8-10-23(19)25(18)17-35-28-11-7-20(15-26(28)33)29-30(32)36-29/h3,7-8,10-11,14-15,18,21,24-25,27,29-30H,1,4-6,9,12-13,16-17H2,2H3/t18?,21-,24+,25?,27-,29?,30?/m0/s1. The van der Waals surface area contributed by atoms with Crippen molar-refractivity contribution in [1.82, 2.24) is 0 Å². The Morgan fingerprint density at radius 2 is 2.03 bits per heavy atom. The summed E-state index contributed by atoms with van der Waals surface area (Å²) in [5.74, 6) is 3.02. The summed E-state index contributed by atoms with van der Waals surface area (Å²) in [5.41, 5.74) is 4.85. The summed E-state index contributed by atoms with van der Waals surface area (Å²) in [4.78, 5) is 2.57. The van der Waals surface area contributed by atoms with Crippen LogP contribution in [0.15, 0.2) is 49.1 Å². The largest absolute Gasteiger partial charge is 0.491 e. The summed E-state index contributed by atoms with van der Waals surface area (Å²) in [5, 5.41) is 0.823. The molecule has 4 nitrogen and oxygen atoms in total. The lowest BCUT2D eigenvalue weighted by Crippen LogP contribution is -2.44. The number of rotatable bonds is 6. The van der Waals surface area contributed by atoms with Gasteiger partial charge in [-0.15, -0.1) is 6.58 Å². The topological polar surface area (TPSA) is 34.2 Å². The first-order valence-electron chi connectivity index (χ1n) is 13.3. The van der Waals surface area contributed by atoms with Crippen LogP contribution in [0.4, 0.5) is 5.69 Å². The van der Waals surface area contributed by atoms with Crippen molar-refractivity contribution in [2.75, 3.05) is 31.7 Å². The van der Waals surface area contributed by atoms with Crippen LogP contribution in [-0.2, 0) is 15.9 Å². The SMILES string of the molecule is C=C[C@H](OC)[C@@H]1CC[C@H]1CN1CCC2CCc3cc(Cl)ccc3C2COc2ccc(C3OC3Cl)cc21. The Morgan fingerprint density at radius 1 is 1.17 bits per heavy atom. The zero-order chi connectivity index (χ0) is 24.8. The third kappa shape index (κ3) is 4.67. The van der Waals surface area contributed by atoms with E-state index in [0.717, 1.165) is 42.3 Å². The van der Waals surface area contributed by atoms with Crippen molar-refractivity contribution < 1.29 is 14.2 Å². The van der Waals surface area contributed by atoms with Crippen LogP contribution in [-0.4, -0.2) is 38.5 Å². The van der Waals surface area contributed by atoms with Gasteiger partial charge in [-0.3, -0.25) is 0 Å². The summed E-state index contributed by atoms with van der Waals surface area (Å²) >= 11 is 12.6. The van der Waals surface area contributed by atoms with Crippen molar-refractivity contribution in [2.24, 2.45) is 17.8 Å². The van der Waals surface area contributed by atoms with E-state index in [1.807, 2.05) is 12.1 Å². The summed E-state index contributed by atoms with van der Waals surface area (Å²) < 4.78 is 18.0. The normalized spacial score (nSPS) is 31.8. The molecular formula is C30H35Cl2NO3. The molecule has 0 radical (unpaired) electrons. The second kappa shape index (κ2) is 10.2. The molecular weight excluding hydrogens is 493 g/mol. The van der Waals surface area contributed by atoms with Crippen LogP contribution in [0.3, 0.4) is 0 Å². The van der Waals surface area contributed by atoms with Gasteiger partial charge in [0.25, 0.3) is 0 Å². The molecule has 0 amide bonds. The third-order valence-electron chi connectivity index (χ3n) is 8.99. The lowest BCUT2D eigenvalue weighted by Gasteiger charge is -2.43. The average molecular weight is 529 g/mol. The van der Waals surface area contributed by atoms with Crippen LogP contribution in [0, 0.1) is 17.8 Å². The van der Waals surface area contributed by atoms with Gasteiger partial charge in [0.1, 0.15) is 11.9 Å². The molecule has 36 heavy (non-hydrogen) atoms. The number of aryl methyl sites for hydroxylation is 1. The van der Waals surface area contributed by atoms with Gasteiger partial charge in [0.2, 0.25) is 0 Å². The minimum atomic E-state index is -0.231. The van der Waals surface area contributed by atoms with Gasteiger partial charge in [0.05, 0.1) is 18.4 Å². The fraction of sp³-hybridized carbons (Fsp3) is 0.533. The van der Waals surface area contributed by atoms with Gasteiger partial charge in [-0.2, -0.15) is 0 Å². The lowest BCUT2D eigenvalue weighted by molar-refractivity contribution is 0.0138. The molecule has 0 bridgehead atoms. The molecule has 0 N–H and O–H groups in total. The van der Waals surface area contributed by atoms with Gasteiger partial charge in [-0.05, 0) is 90.8 Å². The van der Waals surface area contributed by atoms with Gasteiger partial charge in [0, 0.05) is 31.1 Å². The molecule has 2 heterocycles. The summed E-state index contributed by atoms with van der Waals surface area (Å²) in [6.07, 6.45) is 7.88. The predicted octanol–water partition coefficient (Wildman–Crippen LogP) is 7.14. The smallest absolute Gasteiger partial charge is 0.162 e. The van der Waals surface area contributed by atoms with E-state index in [1.165, 1.54) is 36.1 Å². The molecule has 2 aliphatic heterocycles. The van der Waals surface area contributed by atoms with E-state index in [1.54, 1.807) is 7.11 Å². The molecule has 2 aliphatic carbocycles. The van der Waals surface area contributed by atoms with E-state index in [0.29, 0.717) is 30.3 Å². The zero-order valence-corrected chi connectivity index (χ0v) is 22.4. The summed E-state index contributed by atoms with van der Waals surface area (Å²) in [6, 6.07) is 12.9. The van der Waals surface area contributed by atoms with Crippen molar-refractivity contribution in [3.63, 3.8) is 0 Å². The third-order valence-corrected chi connectivity index (χ3v) is 9.56. The van der Waals surface area contributed by atoms with Crippen LogP contribution in [0.25, 0.3) is 0 Å². The highest BCUT2D eigenvalue weighted by atomic mass is 35.5. The highest BCUT2D eigenvalue weighted by Gasteiger charge is 2.41. The molecule has 6 heteroatoms. The molecule has 192 valence electrons. The molecule has 2 aromatic rings. The van der Waals surface area contributed by atoms with E-state index in [4.69, 9.17) is 37.4 Å². The Labute approximate surface area is 224 Å². The van der Waals surface area contributed by atoms with Crippen molar-refractivity contribution in [1.29, 1.82) is 0 Å². The maximum absolute atomic E-state index is 6.64. The highest BCUT2D eigenvalue weighted by Crippen LogP contribution is 2.47. The van der Waals surface area contributed by atoms with Gasteiger partial charge in [-0.1, -0.05) is 41.4 Å². The molecule has 6 rings (SSSR count). The maximum atomic E-state index is 6.64. The number of anilines is 1. The van der Waals surface area contributed by atoms with E-state index in [9.17, 15) is 0 Å². The fourth-order valence-electron chi connectivity index (χ4n) is 6.72. The first kappa shape index (κ1) is 24.6. The lowest BCUT2D eigenvalue weighted by atomic mass is 9.70. The van der Waals surface area contributed by atoms with E-state index in [2.05, 4.69) is 41.8 Å². The van der Waals surface area contributed by atoms with Crippen LogP contribution in [0.1, 0.15) is 54.4 Å². The van der Waals surface area contributed by atoms with Gasteiger partial charge < -0.3 is 19.1 Å². The number of hydrogen-bond acceptors (Lipinski definition) is 4. The van der Waals surface area contributed by atoms with Gasteiger partial charge in [0.15, 0.2) is 5.56 Å². The first-order valence-corrected chi connectivity index (χ1v) is 14.1. The fourth-order valence-corrected chi connectivity index (χ4v) is 7.17. The maximum Gasteiger partial charge on any atom is 0.162 e. The van der Waals surface area contributed by atoms with Crippen LogP contribution >= 0.6 is 23.2 Å². The number of fused-ring (bicyclic) bond motifs is 4. The summed E-state index contributed by atoms with van der Waals surface area (Å²) in [7, 11) is 1.80.